The van der Waals surface area contributed by atoms with Crippen molar-refractivity contribution in [2.45, 2.75) is 58.0 Å². The van der Waals surface area contributed by atoms with E-state index in [1.807, 2.05) is 6.92 Å². The van der Waals surface area contributed by atoms with E-state index in [0.29, 0.717) is 17.8 Å². The van der Waals surface area contributed by atoms with Gasteiger partial charge in [0.2, 0.25) is 10.0 Å². The molecule has 0 aliphatic rings. The molecular formula is C23H29N5O5S. The number of aromatic nitrogens is 3. The summed E-state index contributed by atoms with van der Waals surface area (Å²) in [5.74, 6) is -0.560. The molecule has 3 aromatic rings. The largest absolute Gasteiger partial charge is 0.329 e. The van der Waals surface area contributed by atoms with Crippen molar-refractivity contribution in [3.8, 4) is 0 Å². The Morgan fingerprint density at radius 2 is 1.94 bits per heavy atom. The highest BCUT2D eigenvalue weighted by Gasteiger charge is 2.24. The van der Waals surface area contributed by atoms with E-state index >= 15 is 0 Å². The first kappa shape index (κ1) is 25.3. The van der Waals surface area contributed by atoms with Crippen LogP contribution in [-0.2, 0) is 16.6 Å². The summed E-state index contributed by atoms with van der Waals surface area (Å²) in [6.45, 7) is 7.66. The summed E-state index contributed by atoms with van der Waals surface area (Å²) >= 11 is 0. The van der Waals surface area contributed by atoms with Crippen LogP contribution in [-0.4, -0.2) is 46.3 Å². The van der Waals surface area contributed by atoms with E-state index in [9.17, 15) is 22.8 Å². The highest BCUT2D eigenvalue weighted by molar-refractivity contribution is 7.89. The second-order valence-corrected chi connectivity index (χ2v) is 10.4. The molecule has 0 saturated carbocycles. The van der Waals surface area contributed by atoms with Crippen LogP contribution < -0.4 is 16.6 Å². The summed E-state index contributed by atoms with van der Waals surface area (Å²) in [4.78, 5) is 44.1. The number of carbonyl (C=O) groups excluding carboxylic acids is 1. The highest BCUT2D eigenvalue weighted by Crippen LogP contribution is 2.24. The molecule has 0 aliphatic carbocycles. The Morgan fingerprint density at radius 1 is 1.24 bits per heavy atom. The van der Waals surface area contributed by atoms with E-state index in [2.05, 4.69) is 15.3 Å². The zero-order chi connectivity index (χ0) is 25.2. The number of carbonyl (C=O) groups is 1. The van der Waals surface area contributed by atoms with Gasteiger partial charge in [0.1, 0.15) is 5.65 Å². The molecule has 0 spiro atoms. The number of pyridine rings is 1. The maximum Gasteiger partial charge on any atom is 0.329 e. The Morgan fingerprint density at radius 3 is 2.59 bits per heavy atom. The molecule has 2 aromatic heterocycles. The first-order chi connectivity index (χ1) is 16.0. The minimum atomic E-state index is -3.74. The minimum absolute atomic E-state index is 0.0534. The Hall–Kier alpha value is -3.31. The fraction of sp³-hybridized carbons (Fsp3) is 0.391. The van der Waals surface area contributed by atoms with Crippen molar-refractivity contribution in [1.29, 1.82) is 0 Å². The Balaban J connectivity index is 1.98. The molecule has 0 unspecified atom stereocenters. The van der Waals surface area contributed by atoms with Crippen molar-refractivity contribution >= 4 is 32.7 Å². The van der Waals surface area contributed by atoms with Crippen molar-refractivity contribution in [3.63, 3.8) is 0 Å². The molecule has 3 rings (SSSR count). The zero-order valence-corrected chi connectivity index (χ0v) is 20.7. The molecule has 0 bridgehead atoms. The van der Waals surface area contributed by atoms with E-state index in [0.717, 1.165) is 12.8 Å². The van der Waals surface area contributed by atoms with Gasteiger partial charge < -0.3 is 5.32 Å². The second kappa shape index (κ2) is 9.90. The lowest BCUT2D eigenvalue weighted by Gasteiger charge is -2.21. The molecule has 10 nitrogen and oxygen atoms in total. The average Bonchev–Trinajstić information content (AvgIpc) is 2.79. The zero-order valence-electron chi connectivity index (χ0n) is 19.9. The highest BCUT2D eigenvalue weighted by atomic mass is 32.2. The number of aryl methyl sites for hydroxylation is 2. The van der Waals surface area contributed by atoms with Crippen molar-refractivity contribution < 1.29 is 13.2 Å². The summed E-state index contributed by atoms with van der Waals surface area (Å²) in [7, 11) is -2.24. The summed E-state index contributed by atoms with van der Waals surface area (Å²) in [5.41, 5.74) is 0.126. The van der Waals surface area contributed by atoms with Gasteiger partial charge in [0, 0.05) is 31.5 Å². The number of nitrogens with zero attached hydrogens (tertiary/aromatic N) is 3. The normalized spacial score (nSPS) is 12.0. The number of benzene rings is 1. The third kappa shape index (κ3) is 4.95. The molecule has 0 saturated heterocycles. The lowest BCUT2D eigenvalue weighted by molar-refractivity contribution is 0.102. The fourth-order valence-corrected chi connectivity index (χ4v) is 4.74. The number of anilines is 1. The second-order valence-electron chi connectivity index (χ2n) is 8.41. The number of aromatic amines is 1. The molecule has 0 radical (unpaired) electrons. The van der Waals surface area contributed by atoms with Crippen LogP contribution in [0.3, 0.4) is 0 Å². The lowest BCUT2D eigenvalue weighted by atomic mass is 10.1. The number of amides is 1. The van der Waals surface area contributed by atoms with Crippen LogP contribution in [0.1, 0.15) is 49.5 Å². The average molecular weight is 488 g/mol. The first-order valence-corrected chi connectivity index (χ1v) is 12.4. The smallest absolute Gasteiger partial charge is 0.322 e. The number of sulfonamides is 1. The van der Waals surface area contributed by atoms with Gasteiger partial charge in [-0.1, -0.05) is 19.4 Å². The number of fused-ring (bicyclic) bond motifs is 1. The van der Waals surface area contributed by atoms with Gasteiger partial charge in [0.05, 0.1) is 15.8 Å². The third-order valence-electron chi connectivity index (χ3n) is 5.69. The van der Waals surface area contributed by atoms with E-state index < -0.39 is 27.2 Å². The molecule has 0 fully saturated rings. The number of unbranched alkanes of at least 4 members (excludes halogenated alkanes) is 1. The van der Waals surface area contributed by atoms with E-state index in [1.54, 1.807) is 26.8 Å². The molecule has 34 heavy (non-hydrogen) atoms. The SMILES string of the molecule is CCCCn1c(=O)[nH]c(=O)c2cc(C(=O)Nc3cc(S(=O)(=O)N(C)C(C)C)ccc3C)cnc21. The number of rotatable bonds is 8. The quantitative estimate of drug-likeness (QED) is 0.501. The Labute approximate surface area is 197 Å². The van der Waals surface area contributed by atoms with Crippen LogP contribution in [0.25, 0.3) is 11.0 Å². The summed E-state index contributed by atoms with van der Waals surface area (Å²) in [6, 6.07) is 5.66. The van der Waals surface area contributed by atoms with Crippen LogP contribution in [0.5, 0.6) is 0 Å². The van der Waals surface area contributed by atoms with Gasteiger partial charge in [-0.2, -0.15) is 4.31 Å². The number of nitrogens with one attached hydrogen (secondary N) is 2. The summed E-state index contributed by atoms with van der Waals surface area (Å²) in [6.07, 6.45) is 2.88. The van der Waals surface area contributed by atoms with Gasteiger partial charge in [0.15, 0.2) is 0 Å². The van der Waals surface area contributed by atoms with Gasteiger partial charge in [-0.15, -0.1) is 0 Å². The van der Waals surface area contributed by atoms with Gasteiger partial charge in [-0.05, 0) is 51.0 Å². The molecule has 1 aromatic carbocycles. The topological polar surface area (TPSA) is 134 Å². The Kier molecular flexibility index (Phi) is 7.37. The van der Waals surface area contributed by atoms with Gasteiger partial charge >= 0.3 is 5.69 Å². The van der Waals surface area contributed by atoms with Crippen molar-refractivity contribution in [2.24, 2.45) is 0 Å². The third-order valence-corrected chi connectivity index (χ3v) is 7.72. The molecule has 0 atom stereocenters. The number of hydrogen-bond acceptors (Lipinski definition) is 6. The van der Waals surface area contributed by atoms with Crippen LogP contribution in [0, 0.1) is 6.92 Å². The van der Waals surface area contributed by atoms with E-state index in [-0.39, 0.29) is 27.5 Å². The van der Waals surface area contributed by atoms with Crippen LogP contribution in [0.2, 0.25) is 0 Å². The minimum Gasteiger partial charge on any atom is -0.322 e. The number of hydrogen-bond donors (Lipinski definition) is 2. The van der Waals surface area contributed by atoms with E-state index in [1.165, 1.54) is 40.3 Å². The van der Waals surface area contributed by atoms with Gasteiger partial charge in [0.25, 0.3) is 11.5 Å². The van der Waals surface area contributed by atoms with Crippen molar-refractivity contribution in [2.75, 3.05) is 12.4 Å². The molecule has 0 aliphatic heterocycles. The van der Waals surface area contributed by atoms with E-state index in [4.69, 9.17) is 0 Å². The molecule has 2 N–H and O–H groups in total. The summed E-state index contributed by atoms with van der Waals surface area (Å²) < 4.78 is 28.3. The standard InChI is InChI=1S/C23H29N5O5S/c1-6-7-10-28-20-18(22(30)26-23(28)31)11-16(13-24-20)21(29)25-19-12-17(9-8-15(19)4)34(32,33)27(5)14(2)3/h8-9,11-14H,6-7,10H2,1-5H3,(H,25,29)(H,26,30,31). The Bertz CT molecular complexity index is 1460. The van der Waals surface area contributed by atoms with Crippen LogP contribution in [0.4, 0.5) is 5.69 Å². The van der Waals surface area contributed by atoms with Crippen LogP contribution >= 0.6 is 0 Å². The van der Waals surface area contributed by atoms with Crippen LogP contribution in [0.15, 0.2) is 44.9 Å². The predicted molar refractivity (Wildman–Crippen MR) is 131 cm³/mol. The predicted octanol–water partition coefficient (Wildman–Crippen LogP) is 2.47. The molecule has 182 valence electrons. The van der Waals surface area contributed by atoms with Gasteiger partial charge in [-0.3, -0.25) is 19.1 Å². The molecule has 2 heterocycles. The maximum atomic E-state index is 13.0. The first-order valence-electron chi connectivity index (χ1n) is 11.0. The number of H-pyrrole nitrogens is 1. The molecule has 1 amide bonds. The lowest BCUT2D eigenvalue weighted by Crippen LogP contribution is -2.33. The summed E-state index contributed by atoms with van der Waals surface area (Å²) in [5, 5.41) is 2.83. The van der Waals surface area contributed by atoms with Crippen molar-refractivity contribution in [1.82, 2.24) is 18.8 Å². The fourth-order valence-electron chi connectivity index (χ4n) is 3.35. The monoisotopic (exact) mass is 487 g/mol. The van der Waals surface area contributed by atoms with Gasteiger partial charge in [-0.25, -0.2) is 18.2 Å². The molecular weight excluding hydrogens is 458 g/mol. The van der Waals surface area contributed by atoms with Crippen molar-refractivity contribution in [3.05, 3.63) is 62.4 Å². The maximum absolute atomic E-state index is 13.0. The molecule has 11 heteroatoms.